The first-order valence-electron chi connectivity index (χ1n) is 8.05. The van der Waals surface area contributed by atoms with E-state index in [1.54, 1.807) is 0 Å². The van der Waals surface area contributed by atoms with Crippen LogP contribution in [0.3, 0.4) is 0 Å². The highest BCUT2D eigenvalue weighted by molar-refractivity contribution is 5.86. The summed E-state index contributed by atoms with van der Waals surface area (Å²) in [6.45, 7) is 5.74. The summed E-state index contributed by atoms with van der Waals surface area (Å²) in [6.07, 6.45) is 0. The van der Waals surface area contributed by atoms with Gasteiger partial charge in [0, 0.05) is 12.0 Å². The summed E-state index contributed by atoms with van der Waals surface area (Å²) >= 11 is 0. The molecule has 0 aromatic heterocycles. The van der Waals surface area contributed by atoms with E-state index in [4.69, 9.17) is 9.47 Å². The molecule has 126 valence electrons. The zero-order valence-corrected chi connectivity index (χ0v) is 14.2. The minimum absolute atomic E-state index is 0.0519. The molecule has 1 saturated carbocycles. The number of carbonyl (C=O) groups is 2. The van der Waals surface area contributed by atoms with E-state index >= 15 is 0 Å². The molecular formula is C18H25NO4. The van der Waals surface area contributed by atoms with E-state index in [-0.39, 0.29) is 23.9 Å². The van der Waals surface area contributed by atoms with Crippen LogP contribution in [0.4, 0.5) is 0 Å². The Balaban J connectivity index is 2.44. The highest BCUT2D eigenvalue weighted by Gasteiger charge is 2.60. The predicted octanol–water partition coefficient (Wildman–Crippen LogP) is 2.07. The van der Waals surface area contributed by atoms with Crippen molar-refractivity contribution in [3.63, 3.8) is 0 Å². The quantitative estimate of drug-likeness (QED) is 0.751. The monoisotopic (exact) mass is 319 g/mol. The number of hydrogen-bond donors (Lipinski definition) is 0. The highest BCUT2D eigenvalue weighted by atomic mass is 16.5. The van der Waals surface area contributed by atoms with Crippen LogP contribution in [0.2, 0.25) is 0 Å². The molecule has 1 aromatic carbocycles. The third kappa shape index (κ3) is 3.11. The summed E-state index contributed by atoms with van der Waals surface area (Å²) in [5, 5.41) is 0. The van der Waals surface area contributed by atoms with E-state index in [0.717, 1.165) is 18.7 Å². The zero-order chi connectivity index (χ0) is 17.0. The minimum atomic E-state index is -0.500. The maximum Gasteiger partial charge on any atom is 0.311 e. The first-order valence-corrected chi connectivity index (χ1v) is 8.05. The second kappa shape index (κ2) is 7.59. The van der Waals surface area contributed by atoms with E-state index in [2.05, 4.69) is 18.7 Å². The fourth-order valence-electron chi connectivity index (χ4n) is 3.76. The van der Waals surface area contributed by atoms with Crippen molar-refractivity contribution in [1.29, 1.82) is 0 Å². The summed E-state index contributed by atoms with van der Waals surface area (Å²) in [5.74, 6) is -1.74. The molecule has 0 unspecified atom stereocenters. The molecule has 4 atom stereocenters. The lowest BCUT2D eigenvalue weighted by atomic mass is 9.57. The van der Waals surface area contributed by atoms with Crippen LogP contribution in [0.15, 0.2) is 30.3 Å². The lowest BCUT2D eigenvalue weighted by molar-refractivity contribution is -0.175. The van der Waals surface area contributed by atoms with E-state index in [0.29, 0.717) is 0 Å². The van der Waals surface area contributed by atoms with Crippen LogP contribution in [0, 0.1) is 11.8 Å². The van der Waals surface area contributed by atoms with Crippen molar-refractivity contribution in [2.24, 2.45) is 11.8 Å². The fourth-order valence-corrected chi connectivity index (χ4v) is 3.76. The molecule has 0 saturated heterocycles. The van der Waals surface area contributed by atoms with Crippen LogP contribution in [0.1, 0.15) is 25.3 Å². The number of carbonyl (C=O) groups excluding carboxylic acids is 2. The average molecular weight is 319 g/mol. The van der Waals surface area contributed by atoms with Gasteiger partial charge in [0.15, 0.2) is 0 Å². The average Bonchev–Trinajstić information content (AvgIpc) is 2.58. The van der Waals surface area contributed by atoms with Crippen LogP contribution in [-0.2, 0) is 19.1 Å². The van der Waals surface area contributed by atoms with Gasteiger partial charge in [-0.2, -0.15) is 0 Å². The highest BCUT2D eigenvalue weighted by Crippen LogP contribution is 2.51. The van der Waals surface area contributed by atoms with Crippen molar-refractivity contribution in [2.75, 3.05) is 27.3 Å². The van der Waals surface area contributed by atoms with Gasteiger partial charge in [-0.05, 0) is 18.7 Å². The molecule has 23 heavy (non-hydrogen) atoms. The lowest BCUT2D eigenvalue weighted by Crippen LogP contribution is -2.63. The van der Waals surface area contributed by atoms with E-state index in [1.807, 2.05) is 30.3 Å². The number of benzene rings is 1. The van der Waals surface area contributed by atoms with E-state index in [1.165, 1.54) is 14.2 Å². The number of rotatable bonds is 6. The van der Waals surface area contributed by atoms with E-state index < -0.39 is 11.8 Å². The molecule has 2 rings (SSSR count). The third-order valence-corrected chi connectivity index (χ3v) is 4.87. The molecule has 1 aliphatic carbocycles. The Kier molecular flexibility index (Phi) is 5.77. The maximum absolute atomic E-state index is 12.3. The molecule has 0 bridgehead atoms. The third-order valence-electron chi connectivity index (χ3n) is 4.87. The summed E-state index contributed by atoms with van der Waals surface area (Å²) in [5.41, 5.74) is 1.06. The van der Waals surface area contributed by atoms with Gasteiger partial charge in [0.2, 0.25) is 0 Å². The van der Waals surface area contributed by atoms with Crippen molar-refractivity contribution in [3.05, 3.63) is 35.9 Å². The summed E-state index contributed by atoms with van der Waals surface area (Å²) in [7, 11) is 2.73. The molecule has 0 spiro atoms. The Bertz CT molecular complexity index is 541. The Labute approximate surface area is 137 Å². The standard InChI is InChI=1S/C18H25NO4/c1-5-19(6-2)16-13(12-10-8-7-9-11-12)14(17(20)22-3)15(16)18(21)23-4/h7-11,13-16H,5-6H2,1-4H3/t13-,14-,15+,16+/m0/s1. The zero-order valence-electron chi connectivity index (χ0n) is 14.2. The van der Waals surface area contributed by atoms with Gasteiger partial charge in [0.05, 0.1) is 26.1 Å². The van der Waals surface area contributed by atoms with E-state index in [9.17, 15) is 9.59 Å². The Hall–Kier alpha value is -1.88. The van der Waals surface area contributed by atoms with Crippen LogP contribution < -0.4 is 0 Å². The molecule has 0 heterocycles. The molecule has 0 N–H and O–H groups in total. The molecule has 1 aliphatic rings. The van der Waals surface area contributed by atoms with Gasteiger partial charge in [-0.25, -0.2) is 0 Å². The summed E-state index contributed by atoms with van der Waals surface area (Å²) < 4.78 is 9.92. The second-order valence-electron chi connectivity index (χ2n) is 5.75. The largest absolute Gasteiger partial charge is 0.469 e. The molecule has 1 aromatic rings. The van der Waals surface area contributed by atoms with Crippen molar-refractivity contribution >= 4 is 11.9 Å². The number of ether oxygens (including phenoxy) is 2. The van der Waals surface area contributed by atoms with Gasteiger partial charge in [-0.3, -0.25) is 14.5 Å². The molecule has 5 nitrogen and oxygen atoms in total. The summed E-state index contributed by atoms with van der Waals surface area (Å²) in [6, 6.07) is 9.81. The molecule has 0 aliphatic heterocycles. The number of hydrogen-bond acceptors (Lipinski definition) is 5. The first kappa shape index (κ1) is 17.5. The summed E-state index contributed by atoms with van der Waals surface area (Å²) in [4.78, 5) is 26.8. The van der Waals surface area contributed by atoms with Crippen molar-refractivity contribution < 1.29 is 19.1 Å². The maximum atomic E-state index is 12.3. The Morgan fingerprint density at radius 2 is 1.48 bits per heavy atom. The molecule has 1 fully saturated rings. The SMILES string of the molecule is CCN(CC)[C@H]1[C@H](C(=O)OC)[C@@H](C(=O)OC)[C@@H]1c1ccccc1. The van der Waals surface area contributed by atoms with Crippen LogP contribution in [0.25, 0.3) is 0 Å². The normalized spacial score (nSPS) is 26.5. The van der Waals surface area contributed by atoms with Crippen molar-refractivity contribution in [2.45, 2.75) is 25.8 Å². The van der Waals surface area contributed by atoms with Gasteiger partial charge < -0.3 is 9.47 Å². The van der Waals surface area contributed by atoms with Gasteiger partial charge in [-0.1, -0.05) is 44.2 Å². The van der Waals surface area contributed by atoms with Crippen LogP contribution in [0.5, 0.6) is 0 Å². The molecule has 0 amide bonds. The topological polar surface area (TPSA) is 55.8 Å². The smallest absolute Gasteiger partial charge is 0.311 e. The Morgan fingerprint density at radius 1 is 0.957 bits per heavy atom. The first-order chi connectivity index (χ1) is 11.1. The van der Waals surface area contributed by atoms with Gasteiger partial charge in [0.1, 0.15) is 0 Å². The number of nitrogens with zero attached hydrogens (tertiary/aromatic N) is 1. The number of esters is 2. The van der Waals surface area contributed by atoms with Gasteiger partial charge >= 0.3 is 11.9 Å². The second-order valence-corrected chi connectivity index (χ2v) is 5.75. The minimum Gasteiger partial charge on any atom is -0.469 e. The molecular weight excluding hydrogens is 294 g/mol. The van der Waals surface area contributed by atoms with Gasteiger partial charge in [-0.15, -0.1) is 0 Å². The lowest BCUT2D eigenvalue weighted by Gasteiger charge is -2.53. The van der Waals surface area contributed by atoms with Crippen LogP contribution >= 0.6 is 0 Å². The van der Waals surface area contributed by atoms with Crippen LogP contribution in [-0.4, -0.2) is 50.2 Å². The Morgan fingerprint density at radius 3 is 1.96 bits per heavy atom. The number of likely N-dealkylation sites (N-methyl/N-ethyl adjacent to an activating group) is 1. The number of methoxy groups -OCH3 is 2. The fraction of sp³-hybridized carbons (Fsp3) is 0.556. The predicted molar refractivity (Wildman–Crippen MR) is 86.9 cm³/mol. The van der Waals surface area contributed by atoms with Gasteiger partial charge in [0.25, 0.3) is 0 Å². The molecule has 0 radical (unpaired) electrons. The molecule has 5 heteroatoms. The van der Waals surface area contributed by atoms with Crippen molar-refractivity contribution in [1.82, 2.24) is 4.90 Å². The van der Waals surface area contributed by atoms with Crippen molar-refractivity contribution in [3.8, 4) is 0 Å².